The Kier molecular flexibility index (Phi) is 5.37. The van der Waals surface area contributed by atoms with Gasteiger partial charge in [0.2, 0.25) is 5.91 Å². The summed E-state index contributed by atoms with van der Waals surface area (Å²) in [7, 11) is 0. The molecule has 0 radical (unpaired) electrons. The van der Waals surface area contributed by atoms with E-state index in [9.17, 15) is 19.5 Å². The van der Waals surface area contributed by atoms with Gasteiger partial charge in [-0.15, -0.1) is 0 Å². The molecule has 2 rings (SSSR count). The van der Waals surface area contributed by atoms with Gasteiger partial charge in [0.25, 0.3) is 0 Å². The average molecular weight is 341 g/mol. The summed E-state index contributed by atoms with van der Waals surface area (Å²) < 4.78 is 5.44. The minimum absolute atomic E-state index is 0.0676. The van der Waals surface area contributed by atoms with Crippen LogP contribution in [0.25, 0.3) is 0 Å². The molecule has 1 N–H and O–H groups in total. The van der Waals surface area contributed by atoms with Crippen LogP contribution < -0.4 is 0 Å². The number of rotatable bonds is 2. The number of carbonyl (C=O) groups is 3. The molecule has 2 amide bonds. The van der Waals surface area contributed by atoms with Gasteiger partial charge in [0, 0.05) is 45.1 Å². The van der Waals surface area contributed by atoms with Crippen LogP contribution in [0.2, 0.25) is 0 Å². The van der Waals surface area contributed by atoms with Crippen molar-refractivity contribution < 1.29 is 24.2 Å². The number of ether oxygens (including phenoxy) is 1. The predicted molar refractivity (Wildman–Crippen MR) is 86.6 cm³/mol. The number of hydrogen-bond donors (Lipinski definition) is 1. The van der Waals surface area contributed by atoms with Crippen LogP contribution in [0.15, 0.2) is 0 Å². The number of carboxylic acid groups (broad SMARTS) is 1. The van der Waals surface area contributed by atoms with Crippen LogP contribution in [-0.2, 0) is 14.3 Å². The maximum Gasteiger partial charge on any atom is 0.410 e. The molecule has 0 aliphatic carbocycles. The number of amides is 2. The molecule has 2 aliphatic rings. The second-order valence-corrected chi connectivity index (χ2v) is 7.41. The van der Waals surface area contributed by atoms with Crippen molar-refractivity contribution in [2.45, 2.75) is 51.8 Å². The zero-order valence-corrected chi connectivity index (χ0v) is 14.8. The molecule has 0 aromatic carbocycles. The molecule has 2 aliphatic heterocycles. The van der Waals surface area contributed by atoms with Gasteiger partial charge in [-0.1, -0.05) is 0 Å². The lowest BCUT2D eigenvalue weighted by Gasteiger charge is -2.42. The first-order valence-corrected chi connectivity index (χ1v) is 8.30. The molecule has 2 saturated heterocycles. The summed E-state index contributed by atoms with van der Waals surface area (Å²) in [4.78, 5) is 40.3. The van der Waals surface area contributed by atoms with E-state index in [4.69, 9.17) is 4.74 Å². The first-order valence-electron chi connectivity index (χ1n) is 8.30. The Morgan fingerprint density at radius 3 is 2.08 bits per heavy atom. The van der Waals surface area contributed by atoms with E-state index in [1.54, 1.807) is 4.90 Å². The highest BCUT2D eigenvalue weighted by Crippen LogP contribution is 2.22. The molecule has 2 heterocycles. The van der Waals surface area contributed by atoms with Crippen LogP contribution in [0, 0.1) is 0 Å². The van der Waals surface area contributed by atoms with E-state index < -0.39 is 24.2 Å². The van der Waals surface area contributed by atoms with Crippen LogP contribution in [0.3, 0.4) is 0 Å². The zero-order valence-electron chi connectivity index (χ0n) is 14.8. The van der Waals surface area contributed by atoms with Crippen molar-refractivity contribution in [1.82, 2.24) is 14.7 Å². The molecular formula is C16H27N3O5. The average Bonchev–Trinajstić information content (AvgIpc) is 2.91. The summed E-state index contributed by atoms with van der Waals surface area (Å²) >= 11 is 0. The Balaban J connectivity index is 1.87. The van der Waals surface area contributed by atoms with Gasteiger partial charge < -0.3 is 19.6 Å². The molecule has 8 nitrogen and oxygen atoms in total. The van der Waals surface area contributed by atoms with Crippen molar-refractivity contribution in [1.29, 1.82) is 0 Å². The fourth-order valence-electron chi connectivity index (χ4n) is 3.24. The van der Waals surface area contributed by atoms with Gasteiger partial charge in [-0.3, -0.25) is 9.69 Å². The Bertz CT molecular complexity index is 486. The zero-order chi connectivity index (χ0) is 18.1. The van der Waals surface area contributed by atoms with E-state index in [2.05, 4.69) is 25.7 Å². The highest BCUT2D eigenvalue weighted by atomic mass is 16.6. The lowest BCUT2D eigenvalue weighted by molar-refractivity contribution is -0.147. The first-order chi connectivity index (χ1) is 11.1. The van der Waals surface area contributed by atoms with Crippen molar-refractivity contribution in [2.24, 2.45) is 0 Å². The summed E-state index contributed by atoms with van der Waals surface area (Å²) in [6.45, 7) is 10.6. The number of aliphatic carboxylic acids is 1. The molecule has 2 fully saturated rings. The maximum absolute atomic E-state index is 12.3. The standard InChI is InChI=1S/C16H27N3O5/c1-11(20)19-10-12(9-13(19)14(21)22)24-15(23)17-5-7-18(8-6-17)16(2,3)4/h12-13H,5-10H2,1-4H3,(H,21,22)/t12-,13+/m1/s1. The summed E-state index contributed by atoms with van der Waals surface area (Å²) in [5, 5.41) is 9.19. The van der Waals surface area contributed by atoms with Crippen LogP contribution in [-0.4, -0.2) is 88.2 Å². The van der Waals surface area contributed by atoms with Crippen LogP contribution in [0.5, 0.6) is 0 Å². The number of likely N-dealkylation sites (tertiary alicyclic amines) is 1. The molecule has 24 heavy (non-hydrogen) atoms. The van der Waals surface area contributed by atoms with Crippen molar-refractivity contribution in [3.05, 3.63) is 0 Å². The van der Waals surface area contributed by atoms with Crippen LogP contribution in [0.1, 0.15) is 34.1 Å². The molecule has 0 aromatic heterocycles. The third-order valence-corrected chi connectivity index (χ3v) is 4.71. The topological polar surface area (TPSA) is 90.4 Å². The molecule has 2 atom stereocenters. The minimum Gasteiger partial charge on any atom is -0.480 e. The second kappa shape index (κ2) is 6.96. The van der Waals surface area contributed by atoms with Gasteiger partial charge in [-0.05, 0) is 20.8 Å². The monoisotopic (exact) mass is 341 g/mol. The lowest BCUT2D eigenvalue weighted by atomic mass is 10.1. The quantitative estimate of drug-likeness (QED) is 0.791. The van der Waals surface area contributed by atoms with E-state index >= 15 is 0 Å². The fourth-order valence-corrected chi connectivity index (χ4v) is 3.24. The third kappa shape index (κ3) is 4.17. The molecule has 0 aromatic rings. The van der Waals surface area contributed by atoms with Crippen molar-refractivity contribution in [2.75, 3.05) is 32.7 Å². The second-order valence-electron chi connectivity index (χ2n) is 7.41. The van der Waals surface area contributed by atoms with Gasteiger partial charge in [0.05, 0.1) is 6.54 Å². The number of carbonyl (C=O) groups excluding carboxylic acids is 2. The molecule has 0 bridgehead atoms. The SMILES string of the molecule is CC(=O)N1C[C@H](OC(=O)N2CCN(C(C)(C)C)CC2)C[C@H]1C(=O)O. The van der Waals surface area contributed by atoms with Gasteiger partial charge in [0.15, 0.2) is 0 Å². The van der Waals surface area contributed by atoms with Crippen molar-refractivity contribution in [3.63, 3.8) is 0 Å². The normalized spacial score (nSPS) is 25.7. The van der Waals surface area contributed by atoms with Crippen LogP contribution in [0.4, 0.5) is 4.79 Å². The number of hydrogen-bond acceptors (Lipinski definition) is 5. The fraction of sp³-hybridized carbons (Fsp3) is 0.812. The molecule has 0 spiro atoms. The number of carboxylic acids is 1. The summed E-state index contributed by atoms with van der Waals surface area (Å²) in [6, 6.07) is -0.918. The van der Waals surface area contributed by atoms with E-state index in [0.717, 1.165) is 13.1 Å². The lowest BCUT2D eigenvalue weighted by Crippen LogP contribution is -2.55. The summed E-state index contributed by atoms with van der Waals surface area (Å²) in [5.41, 5.74) is 0.0676. The Morgan fingerprint density at radius 1 is 1.08 bits per heavy atom. The van der Waals surface area contributed by atoms with Gasteiger partial charge >= 0.3 is 12.1 Å². The smallest absolute Gasteiger partial charge is 0.410 e. The largest absolute Gasteiger partial charge is 0.480 e. The summed E-state index contributed by atoms with van der Waals surface area (Å²) in [5.74, 6) is -1.39. The number of piperazine rings is 1. The Labute approximate surface area is 142 Å². The van der Waals surface area contributed by atoms with Crippen LogP contribution >= 0.6 is 0 Å². The highest BCUT2D eigenvalue weighted by molar-refractivity contribution is 5.83. The van der Waals surface area contributed by atoms with Gasteiger partial charge in [-0.25, -0.2) is 9.59 Å². The van der Waals surface area contributed by atoms with Gasteiger partial charge in [0.1, 0.15) is 12.1 Å². The molecular weight excluding hydrogens is 314 g/mol. The van der Waals surface area contributed by atoms with E-state index in [1.165, 1.54) is 11.8 Å². The highest BCUT2D eigenvalue weighted by Gasteiger charge is 2.41. The molecule has 8 heteroatoms. The van der Waals surface area contributed by atoms with E-state index in [-0.39, 0.29) is 24.4 Å². The molecule has 0 unspecified atom stereocenters. The summed E-state index contributed by atoms with van der Waals surface area (Å²) in [6.07, 6.45) is -0.853. The Hall–Kier alpha value is -1.83. The Morgan fingerprint density at radius 2 is 1.67 bits per heavy atom. The van der Waals surface area contributed by atoms with Gasteiger partial charge in [-0.2, -0.15) is 0 Å². The van der Waals surface area contributed by atoms with E-state index in [0.29, 0.717) is 13.1 Å². The van der Waals surface area contributed by atoms with Crippen molar-refractivity contribution >= 4 is 18.0 Å². The minimum atomic E-state index is -1.07. The number of nitrogens with zero attached hydrogens (tertiary/aromatic N) is 3. The van der Waals surface area contributed by atoms with E-state index in [1.807, 2.05) is 0 Å². The van der Waals surface area contributed by atoms with Crippen molar-refractivity contribution in [3.8, 4) is 0 Å². The molecule has 0 saturated carbocycles. The maximum atomic E-state index is 12.3. The first kappa shape index (κ1) is 18.5. The predicted octanol–water partition coefficient (Wildman–Crippen LogP) is 0.613. The third-order valence-electron chi connectivity index (χ3n) is 4.71. The molecule has 136 valence electrons.